The summed E-state index contributed by atoms with van der Waals surface area (Å²) in [5.41, 5.74) is 10.9. The summed E-state index contributed by atoms with van der Waals surface area (Å²) in [5, 5.41) is 4.36. The maximum atomic E-state index is 6.36. The molecule has 3 rings (SSSR count). The predicted molar refractivity (Wildman–Crippen MR) is 81.9 cm³/mol. The lowest BCUT2D eigenvalue weighted by Gasteiger charge is -2.14. The summed E-state index contributed by atoms with van der Waals surface area (Å²) in [6.45, 7) is 2.76. The molecule has 106 valence electrons. The van der Waals surface area contributed by atoms with Gasteiger partial charge in [0, 0.05) is 35.7 Å². The fourth-order valence-corrected chi connectivity index (χ4v) is 3.38. The van der Waals surface area contributed by atoms with Crippen molar-refractivity contribution in [2.75, 3.05) is 6.61 Å². The van der Waals surface area contributed by atoms with Gasteiger partial charge in [-0.05, 0) is 36.6 Å². The predicted octanol–water partition coefficient (Wildman–Crippen LogP) is 2.67. The molecule has 1 aromatic heterocycles. The van der Waals surface area contributed by atoms with Crippen LogP contribution >= 0.6 is 15.9 Å². The quantitative estimate of drug-likeness (QED) is 0.938. The van der Waals surface area contributed by atoms with Crippen molar-refractivity contribution in [2.24, 2.45) is 12.8 Å². The molecule has 4 nitrogen and oxygen atoms in total. The zero-order valence-electron chi connectivity index (χ0n) is 11.7. The number of hydrogen-bond donors (Lipinski definition) is 1. The van der Waals surface area contributed by atoms with Crippen LogP contribution in [0.5, 0.6) is 5.75 Å². The first kappa shape index (κ1) is 13.6. The first-order valence-electron chi connectivity index (χ1n) is 6.74. The van der Waals surface area contributed by atoms with E-state index in [2.05, 4.69) is 33.2 Å². The number of aromatic nitrogens is 2. The van der Waals surface area contributed by atoms with Gasteiger partial charge in [0.1, 0.15) is 5.75 Å². The molecule has 0 saturated carbocycles. The number of ether oxygens (including phenoxy) is 1. The molecule has 1 aliphatic rings. The number of aryl methyl sites for hydroxylation is 2. The van der Waals surface area contributed by atoms with Crippen molar-refractivity contribution < 1.29 is 4.74 Å². The van der Waals surface area contributed by atoms with Gasteiger partial charge in [-0.2, -0.15) is 5.10 Å². The zero-order chi connectivity index (χ0) is 14.3. The van der Waals surface area contributed by atoms with E-state index >= 15 is 0 Å². The Morgan fingerprint density at radius 1 is 1.50 bits per heavy atom. The topological polar surface area (TPSA) is 53.1 Å². The number of benzene rings is 1. The average Bonchev–Trinajstić information content (AvgIpc) is 2.95. The zero-order valence-corrected chi connectivity index (χ0v) is 13.3. The Bertz CT molecular complexity index is 651. The minimum atomic E-state index is -0.0636. The van der Waals surface area contributed by atoms with Crippen LogP contribution in [0, 0.1) is 6.92 Å². The molecular formula is C15H18BrN3O. The highest BCUT2D eigenvalue weighted by atomic mass is 79.9. The van der Waals surface area contributed by atoms with Gasteiger partial charge < -0.3 is 10.5 Å². The van der Waals surface area contributed by atoms with Gasteiger partial charge in [-0.1, -0.05) is 15.9 Å². The van der Waals surface area contributed by atoms with Crippen LogP contribution < -0.4 is 10.5 Å². The van der Waals surface area contributed by atoms with Crippen LogP contribution in [0.15, 0.2) is 22.8 Å². The molecule has 0 spiro atoms. The second-order valence-electron chi connectivity index (χ2n) is 5.31. The van der Waals surface area contributed by atoms with Crippen LogP contribution in [0.25, 0.3) is 0 Å². The minimum absolute atomic E-state index is 0.0636. The van der Waals surface area contributed by atoms with Crippen molar-refractivity contribution >= 4 is 15.9 Å². The number of fused-ring (bicyclic) bond motifs is 1. The third-order valence-corrected chi connectivity index (χ3v) is 4.17. The molecule has 0 radical (unpaired) electrons. The molecule has 20 heavy (non-hydrogen) atoms. The Hall–Kier alpha value is -1.33. The SMILES string of the molecule is Cc1nn(C)cc1C(N)Cc1cc(Br)cc2c1OCC2. The molecule has 2 aromatic rings. The first-order valence-corrected chi connectivity index (χ1v) is 7.53. The van der Waals surface area contributed by atoms with Crippen molar-refractivity contribution in [3.05, 3.63) is 45.2 Å². The molecule has 0 aliphatic carbocycles. The number of halogens is 1. The molecule has 1 aromatic carbocycles. The Morgan fingerprint density at radius 3 is 3.00 bits per heavy atom. The largest absolute Gasteiger partial charge is 0.493 e. The van der Waals surface area contributed by atoms with Crippen molar-refractivity contribution in [2.45, 2.75) is 25.8 Å². The molecule has 2 N–H and O–H groups in total. The van der Waals surface area contributed by atoms with Gasteiger partial charge in [-0.3, -0.25) is 4.68 Å². The molecule has 0 amide bonds. The van der Waals surface area contributed by atoms with E-state index < -0.39 is 0 Å². The number of nitrogens with two attached hydrogens (primary N) is 1. The third-order valence-electron chi connectivity index (χ3n) is 3.72. The number of nitrogens with zero attached hydrogens (tertiary/aromatic N) is 2. The first-order chi connectivity index (χ1) is 9.54. The third kappa shape index (κ3) is 2.47. The normalized spacial score (nSPS) is 15.0. The monoisotopic (exact) mass is 335 g/mol. The lowest BCUT2D eigenvalue weighted by atomic mass is 9.98. The van der Waals surface area contributed by atoms with Gasteiger partial charge in [0.2, 0.25) is 0 Å². The summed E-state index contributed by atoms with van der Waals surface area (Å²) in [6, 6.07) is 4.17. The van der Waals surface area contributed by atoms with Gasteiger partial charge in [-0.15, -0.1) is 0 Å². The summed E-state index contributed by atoms with van der Waals surface area (Å²) in [6.07, 6.45) is 3.73. The molecule has 1 unspecified atom stereocenters. The van der Waals surface area contributed by atoms with E-state index in [0.717, 1.165) is 40.9 Å². The van der Waals surface area contributed by atoms with E-state index in [1.54, 1.807) is 0 Å². The second-order valence-corrected chi connectivity index (χ2v) is 6.22. The van der Waals surface area contributed by atoms with Crippen molar-refractivity contribution in [1.82, 2.24) is 9.78 Å². The average molecular weight is 336 g/mol. The molecule has 0 saturated heterocycles. The summed E-state index contributed by atoms with van der Waals surface area (Å²) in [5.74, 6) is 1.02. The summed E-state index contributed by atoms with van der Waals surface area (Å²) in [4.78, 5) is 0. The smallest absolute Gasteiger partial charge is 0.125 e. The highest BCUT2D eigenvalue weighted by Gasteiger charge is 2.21. The van der Waals surface area contributed by atoms with Gasteiger partial charge >= 0.3 is 0 Å². The molecule has 5 heteroatoms. The van der Waals surface area contributed by atoms with Crippen LogP contribution in [0.3, 0.4) is 0 Å². The molecule has 2 heterocycles. The Labute approximate surface area is 127 Å². The van der Waals surface area contributed by atoms with Crippen LogP contribution in [0.1, 0.15) is 28.4 Å². The maximum absolute atomic E-state index is 6.36. The molecule has 0 bridgehead atoms. The van der Waals surface area contributed by atoms with E-state index in [-0.39, 0.29) is 6.04 Å². The van der Waals surface area contributed by atoms with Gasteiger partial charge in [0.05, 0.1) is 12.3 Å². The highest BCUT2D eigenvalue weighted by molar-refractivity contribution is 9.10. The van der Waals surface area contributed by atoms with Crippen molar-refractivity contribution in [3.8, 4) is 5.75 Å². The summed E-state index contributed by atoms with van der Waals surface area (Å²) < 4.78 is 8.66. The Balaban J connectivity index is 1.90. The Morgan fingerprint density at radius 2 is 2.30 bits per heavy atom. The fourth-order valence-electron chi connectivity index (χ4n) is 2.83. The fraction of sp³-hybridized carbons (Fsp3) is 0.400. The Kier molecular flexibility index (Phi) is 3.56. The second kappa shape index (κ2) is 5.22. The highest BCUT2D eigenvalue weighted by Crippen LogP contribution is 2.35. The maximum Gasteiger partial charge on any atom is 0.125 e. The van der Waals surface area contributed by atoms with Gasteiger partial charge in [-0.25, -0.2) is 0 Å². The van der Waals surface area contributed by atoms with E-state index in [4.69, 9.17) is 10.5 Å². The summed E-state index contributed by atoms with van der Waals surface area (Å²) >= 11 is 3.57. The van der Waals surface area contributed by atoms with Crippen LogP contribution in [-0.2, 0) is 19.9 Å². The molecular weight excluding hydrogens is 318 g/mol. The van der Waals surface area contributed by atoms with Crippen LogP contribution in [-0.4, -0.2) is 16.4 Å². The lowest BCUT2D eigenvalue weighted by molar-refractivity contribution is 0.352. The van der Waals surface area contributed by atoms with E-state index in [0.29, 0.717) is 0 Å². The van der Waals surface area contributed by atoms with Gasteiger partial charge in [0.15, 0.2) is 0 Å². The van der Waals surface area contributed by atoms with Crippen LogP contribution in [0.4, 0.5) is 0 Å². The minimum Gasteiger partial charge on any atom is -0.493 e. The van der Waals surface area contributed by atoms with E-state index in [1.165, 1.54) is 11.1 Å². The molecule has 1 aliphatic heterocycles. The van der Waals surface area contributed by atoms with E-state index in [9.17, 15) is 0 Å². The standard InChI is InChI=1S/C15H18BrN3O/c1-9-13(8-19(2)18-9)14(17)7-11-6-12(16)5-10-3-4-20-15(10)11/h5-6,8,14H,3-4,7,17H2,1-2H3. The lowest BCUT2D eigenvalue weighted by Crippen LogP contribution is -2.14. The van der Waals surface area contributed by atoms with E-state index in [1.807, 2.05) is 24.9 Å². The van der Waals surface area contributed by atoms with Crippen molar-refractivity contribution in [3.63, 3.8) is 0 Å². The number of hydrogen-bond acceptors (Lipinski definition) is 3. The van der Waals surface area contributed by atoms with Gasteiger partial charge in [0.25, 0.3) is 0 Å². The van der Waals surface area contributed by atoms with Crippen molar-refractivity contribution in [1.29, 1.82) is 0 Å². The summed E-state index contributed by atoms with van der Waals surface area (Å²) in [7, 11) is 1.92. The molecule has 0 fully saturated rings. The van der Waals surface area contributed by atoms with Crippen LogP contribution in [0.2, 0.25) is 0 Å². The molecule has 1 atom stereocenters. The number of rotatable bonds is 3.